The third-order valence-corrected chi connectivity index (χ3v) is 4.03. The van der Waals surface area contributed by atoms with Gasteiger partial charge in [-0.3, -0.25) is 4.79 Å². The second-order valence-corrected chi connectivity index (χ2v) is 5.96. The van der Waals surface area contributed by atoms with Crippen LogP contribution in [0, 0.1) is 0 Å². The first-order valence-corrected chi connectivity index (χ1v) is 8.73. The quantitative estimate of drug-likeness (QED) is 0.804. The summed E-state index contributed by atoms with van der Waals surface area (Å²) >= 11 is 0. The molecule has 3 rings (SSSR count). The molecule has 0 bridgehead atoms. The summed E-state index contributed by atoms with van der Waals surface area (Å²) in [6.45, 7) is 1.97. The number of hydrogen-bond acceptors (Lipinski definition) is 7. The first kappa shape index (κ1) is 17.9. The maximum Gasteiger partial charge on any atom is 0.321 e. The summed E-state index contributed by atoms with van der Waals surface area (Å²) in [5.74, 6) is 1.47. The highest BCUT2D eigenvalue weighted by Crippen LogP contribution is 2.17. The van der Waals surface area contributed by atoms with Crippen molar-refractivity contribution in [1.29, 1.82) is 0 Å². The fraction of sp³-hybridized carbons (Fsp3) is 0.444. The van der Waals surface area contributed by atoms with Crippen molar-refractivity contribution in [3.05, 3.63) is 36.2 Å². The number of nitrogens with zero attached hydrogens (tertiary/aromatic N) is 4. The zero-order valence-electron chi connectivity index (χ0n) is 14.9. The number of carbonyl (C=O) groups is 1. The molecule has 2 heterocycles. The van der Waals surface area contributed by atoms with Crippen molar-refractivity contribution in [3.63, 3.8) is 0 Å². The van der Waals surface area contributed by atoms with Gasteiger partial charge in [0.2, 0.25) is 5.95 Å². The van der Waals surface area contributed by atoms with E-state index in [0.717, 1.165) is 25.9 Å². The van der Waals surface area contributed by atoms with Gasteiger partial charge in [0.05, 0.1) is 13.7 Å². The average molecular weight is 357 g/mol. The molecule has 1 fully saturated rings. The van der Waals surface area contributed by atoms with Gasteiger partial charge in [0.15, 0.2) is 12.4 Å². The van der Waals surface area contributed by atoms with Gasteiger partial charge in [-0.2, -0.15) is 15.0 Å². The number of para-hydroxylation sites is 1. The highest BCUT2D eigenvalue weighted by Gasteiger charge is 2.16. The first-order chi connectivity index (χ1) is 12.7. The lowest BCUT2D eigenvalue weighted by Gasteiger charge is -2.26. The first-order valence-electron chi connectivity index (χ1n) is 8.73. The van der Waals surface area contributed by atoms with Crippen LogP contribution >= 0.6 is 0 Å². The number of nitrogens with one attached hydrogen (secondary N) is 1. The van der Waals surface area contributed by atoms with Crippen LogP contribution in [-0.2, 0) is 11.3 Å². The fourth-order valence-electron chi connectivity index (χ4n) is 2.69. The van der Waals surface area contributed by atoms with Gasteiger partial charge in [-0.1, -0.05) is 18.2 Å². The summed E-state index contributed by atoms with van der Waals surface area (Å²) in [5, 5.41) is 2.76. The monoisotopic (exact) mass is 357 g/mol. The highest BCUT2D eigenvalue weighted by molar-refractivity contribution is 5.77. The van der Waals surface area contributed by atoms with Gasteiger partial charge in [0.25, 0.3) is 5.91 Å². The molecule has 8 nitrogen and oxygen atoms in total. The number of benzene rings is 1. The Bertz CT molecular complexity index is 720. The number of methoxy groups -OCH3 is 1. The van der Waals surface area contributed by atoms with E-state index in [0.29, 0.717) is 17.5 Å². The Balaban J connectivity index is 1.57. The molecule has 1 amide bonds. The molecule has 1 saturated heterocycles. The Hall–Kier alpha value is -2.90. The second kappa shape index (κ2) is 8.98. The SMILES string of the molecule is COc1nc(CNC(=O)COc2ccccc2)nc(N2CCCCC2)n1. The lowest BCUT2D eigenvalue weighted by Crippen LogP contribution is -2.32. The van der Waals surface area contributed by atoms with Gasteiger partial charge in [-0.05, 0) is 31.4 Å². The van der Waals surface area contributed by atoms with Crippen LogP contribution in [0.25, 0.3) is 0 Å². The minimum atomic E-state index is -0.243. The summed E-state index contributed by atoms with van der Waals surface area (Å²) in [4.78, 5) is 27.1. The molecule has 1 aromatic carbocycles. The number of hydrogen-bond donors (Lipinski definition) is 1. The van der Waals surface area contributed by atoms with Crippen molar-refractivity contribution in [2.45, 2.75) is 25.8 Å². The third kappa shape index (κ3) is 5.05. The fourth-order valence-corrected chi connectivity index (χ4v) is 2.69. The van der Waals surface area contributed by atoms with E-state index in [9.17, 15) is 4.79 Å². The molecule has 0 radical (unpaired) electrons. The van der Waals surface area contributed by atoms with Crippen molar-refractivity contribution in [1.82, 2.24) is 20.3 Å². The summed E-state index contributed by atoms with van der Waals surface area (Å²) in [6, 6.07) is 9.45. The van der Waals surface area contributed by atoms with Crippen molar-refractivity contribution in [3.8, 4) is 11.8 Å². The molecule has 1 aromatic heterocycles. The maximum atomic E-state index is 12.0. The molecule has 0 atom stereocenters. The van der Waals surface area contributed by atoms with Gasteiger partial charge in [0.1, 0.15) is 5.75 Å². The van der Waals surface area contributed by atoms with Gasteiger partial charge >= 0.3 is 6.01 Å². The summed E-state index contributed by atoms with van der Waals surface area (Å²) in [6.07, 6.45) is 3.47. The van der Waals surface area contributed by atoms with E-state index in [1.165, 1.54) is 13.5 Å². The van der Waals surface area contributed by atoms with E-state index in [2.05, 4.69) is 25.2 Å². The topological polar surface area (TPSA) is 89.5 Å². The van der Waals surface area contributed by atoms with Crippen LogP contribution in [0.15, 0.2) is 30.3 Å². The Morgan fingerprint density at radius 3 is 2.62 bits per heavy atom. The van der Waals surface area contributed by atoms with Gasteiger partial charge in [-0.15, -0.1) is 0 Å². The summed E-state index contributed by atoms with van der Waals surface area (Å²) < 4.78 is 10.6. The Kier molecular flexibility index (Phi) is 6.19. The number of ether oxygens (including phenoxy) is 2. The molecule has 0 unspecified atom stereocenters. The standard InChI is InChI=1S/C18H23N5O3/c1-25-18-21-15(20-17(22-18)23-10-6-3-7-11-23)12-19-16(24)13-26-14-8-4-2-5-9-14/h2,4-5,8-9H,3,6-7,10-13H2,1H3,(H,19,24). The Morgan fingerprint density at radius 1 is 1.12 bits per heavy atom. The van der Waals surface area contributed by atoms with Crippen LogP contribution in [-0.4, -0.2) is 47.7 Å². The van der Waals surface area contributed by atoms with Crippen LogP contribution < -0.4 is 19.7 Å². The number of anilines is 1. The molecular weight excluding hydrogens is 334 g/mol. The molecule has 8 heteroatoms. The van der Waals surface area contributed by atoms with E-state index < -0.39 is 0 Å². The minimum absolute atomic E-state index is 0.0643. The predicted octanol–water partition coefficient (Wildman–Crippen LogP) is 1.57. The zero-order valence-corrected chi connectivity index (χ0v) is 14.9. The number of piperidine rings is 1. The molecular formula is C18H23N5O3. The summed E-state index contributed by atoms with van der Waals surface area (Å²) in [5.41, 5.74) is 0. The lowest BCUT2D eigenvalue weighted by atomic mass is 10.1. The van der Waals surface area contributed by atoms with Crippen LogP contribution in [0.5, 0.6) is 11.8 Å². The van der Waals surface area contributed by atoms with E-state index in [1.807, 2.05) is 18.2 Å². The van der Waals surface area contributed by atoms with Crippen molar-refractivity contribution >= 4 is 11.9 Å². The van der Waals surface area contributed by atoms with E-state index in [4.69, 9.17) is 9.47 Å². The number of carbonyl (C=O) groups excluding carboxylic acids is 1. The van der Waals surface area contributed by atoms with E-state index >= 15 is 0 Å². The molecule has 1 aliphatic heterocycles. The van der Waals surface area contributed by atoms with Crippen LogP contribution in [0.3, 0.4) is 0 Å². The van der Waals surface area contributed by atoms with Crippen molar-refractivity contribution in [2.75, 3.05) is 31.7 Å². The molecule has 0 aliphatic carbocycles. The number of aromatic nitrogens is 3. The van der Waals surface area contributed by atoms with E-state index in [1.54, 1.807) is 12.1 Å². The van der Waals surface area contributed by atoms with Crippen LogP contribution in [0.4, 0.5) is 5.95 Å². The molecule has 2 aromatic rings. The highest BCUT2D eigenvalue weighted by atomic mass is 16.5. The molecule has 26 heavy (non-hydrogen) atoms. The Morgan fingerprint density at radius 2 is 1.88 bits per heavy atom. The molecule has 1 N–H and O–H groups in total. The predicted molar refractivity (Wildman–Crippen MR) is 96.2 cm³/mol. The lowest BCUT2D eigenvalue weighted by molar-refractivity contribution is -0.123. The normalized spacial score (nSPS) is 14.0. The number of rotatable bonds is 7. The third-order valence-electron chi connectivity index (χ3n) is 4.03. The average Bonchev–Trinajstić information content (AvgIpc) is 2.72. The maximum absolute atomic E-state index is 12.0. The van der Waals surface area contributed by atoms with Gasteiger partial charge < -0.3 is 19.7 Å². The van der Waals surface area contributed by atoms with Crippen LogP contribution in [0.1, 0.15) is 25.1 Å². The minimum Gasteiger partial charge on any atom is -0.484 e. The summed E-state index contributed by atoms with van der Waals surface area (Å²) in [7, 11) is 1.52. The molecule has 138 valence electrons. The largest absolute Gasteiger partial charge is 0.484 e. The molecule has 0 saturated carbocycles. The molecule has 0 spiro atoms. The zero-order chi connectivity index (χ0) is 18.2. The Labute approximate surface area is 152 Å². The second-order valence-electron chi connectivity index (χ2n) is 5.96. The van der Waals surface area contributed by atoms with Crippen molar-refractivity contribution < 1.29 is 14.3 Å². The van der Waals surface area contributed by atoms with Crippen LogP contribution in [0.2, 0.25) is 0 Å². The number of amides is 1. The van der Waals surface area contributed by atoms with E-state index in [-0.39, 0.29) is 25.1 Å². The van der Waals surface area contributed by atoms with Crippen molar-refractivity contribution in [2.24, 2.45) is 0 Å². The molecule has 1 aliphatic rings. The van der Waals surface area contributed by atoms with Gasteiger partial charge in [-0.25, -0.2) is 0 Å². The smallest absolute Gasteiger partial charge is 0.321 e. The van der Waals surface area contributed by atoms with Gasteiger partial charge in [0, 0.05) is 13.1 Å².